The van der Waals surface area contributed by atoms with E-state index in [1.54, 1.807) is 11.0 Å². The second-order valence-electron chi connectivity index (χ2n) is 13.1. The van der Waals surface area contributed by atoms with Crippen LogP contribution in [0.2, 0.25) is 0 Å². The van der Waals surface area contributed by atoms with Crippen molar-refractivity contribution in [1.82, 2.24) is 14.9 Å². The molecule has 0 aromatic heterocycles. The van der Waals surface area contributed by atoms with Gasteiger partial charge < -0.3 is 15.1 Å². The van der Waals surface area contributed by atoms with Crippen molar-refractivity contribution in [3.05, 3.63) is 72.3 Å². The summed E-state index contributed by atoms with van der Waals surface area (Å²) in [6, 6.07) is 15.1. The van der Waals surface area contributed by atoms with Crippen molar-refractivity contribution in [1.29, 1.82) is 0 Å². The quantitative estimate of drug-likeness (QED) is 0.260. The van der Waals surface area contributed by atoms with Crippen LogP contribution >= 0.6 is 0 Å². The van der Waals surface area contributed by atoms with E-state index in [9.17, 15) is 22.8 Å². The largest absolute Gasteiger partial charge is 0.390 e. The number of benzene rings is 2. The summed E-state index contributed by atoms with van der Waals surface area (Å²) >= 11 is 0. The summed E-state index contributed by atoms with van der Waals surface area (Å²) in [5.74, 6) is -1.52. The van der Waals surface area contributed by atoms with Crippen LogP contribution in [-0.2, 0) is 29.2 Å². The molecule has 1 saturated heterocycles. The molecule has 11 heteroatoms. The molecule has 45 heavy (non-hydrogen) atoms. The van der Waals surface area contributed by atoms with Gasteiger partial charge in [-0.25, -0.2) is 8.42 Å². The van der Waals surface area contributed by atoms with Gasteiger partial charge in [-0.05, 0) is 49.1 Å². The maximum absolute atomic E-state index is 13.9. The molecule has 0 radical (unpaired) electrons. The highest BCUT2D eigenvalue weighted by atomic mass is 32.2. The molecule has 2 aromatic rings. The highest BCUT2D eigenvalue weighted by molar-refractivity contribution is 7.91. The summed E-state index contributed by atoms with van der Waals surface area (Å²) < 4.78 is 27.3. The second kappa shape index (κ2) is 11.4. The number of hydrogen-bond acceptors (Lipinski definition) is 7. The summed E-state index contributed by atoms with van der Waals surface area (Å²) in [5, 5.41) is 6.85. The number of nitrogens with zero attached hydrogens (tertiary/aromatic N) is 2. The van der Waals surface area contributed by atoms with Gasteiger partial charge in [-0.3, -0.25) is 19.1 Å². The minimum absolute atomic E-state index is 0.122. The molecule has 5 aliphatic rings. The average molecular weight is 631 g/mol. The number of oxime groups is 1. The lowest BCUT2D eigenvalue weighted by atomic mass is 10.0. The zero-order chi connectivity index (χ0) is 31.3. The van der Waals surface area contributed by atoms with Crippen LogP contribution in [-0.4, -0.2) is 66.2 Å². The Morgan fingerprint density at radius 3 is 2.18 bits per heavy atom. The Balaban J connectivity index is 1.11. The van der Waals surface area contributed by atoms with Crippen molar-refractivity contribution >= 4 is 33.5 Å². The first-order chi connectivity index (χ1) is 21.7. The van der Waals surface area contributed by atoms with Crippen molar-refractivity contribution in [3.8, 4) is 11.1 Å². The summed E-state index contributed by atoms with van der Waals surface area (Å²) in [4.78, 5) is 48.5. The predicted molar refractivity (Wildman–Crippen MR) is 168 cm³/mol. The monoisotopic (exact) mass is 630 g/mol. The number of carbonyl (C=O) groups is 3. The fourth-order valence-corrected chi connectivity index (χ4v) is 8.58. The third-order valence-corrected chi connectivity index (χ3v) is 11.8. The molecule has 1 heterocycles. The van der Waals surface area contributed by atoms with E-state index >= 15 is 0 Å². The van der Waals surface area contributed by atoms with Gasteiger partial charge in [-0.15, -0.1) is 6.58 Å². The molecule has 1 aliphatic heterocycles. The number of rotatable bonds is 10. The van der Waals surface area contributed by atoms with E-state index in [4.69, 9.17) is 4.84 Å². The Labute approximate surface area is 263 Å². The Morgan fingerprint density at radius 1 is 0.978 bits per heavy atom. The molecule has 2 unspecified atom stereocenters. The molecular weight excluding hydrogens is 592 g/mol. The summed E-state index contributed by atoms with van der Waals surface area (Å²) in [6.45, 7) is 3.96. The SMILES string of the molecule is C=C[C@@H]1C[C@@]1(NC(=O)C1CC(ON=C2c3ccccc3-c3ccccc32)CN1C(=O)CC1CCCC1)C(=O)NS(=O)(=O)C1CC1. The van der Waals surface area contributed by atoms with Gasteiger partial charge in [0.1, 0.15) is 23.4 Å². The van der Waals surface area contributed by atoms with Crippen LogP contribution < -0.4 is 10.0 Å². The summed E-state index contributed by atoms with van der Waals surface area (Å²) in [6.07, 6.45) is 6.98. The summed E-state index contributed by atoms with van der Waals surface area (Å²) in [7, 11) is -3.80. The normalized spacial score (nSPS) is 27.0. The first-order valence-corrected chi connectivity index (χ1v) is 17.5. The molecule has 4 atom stereocenters. The van der Waals surface area contributed by atoms with E-state index in [0.717, 1.165) is 47.9 Å². The molecular formula is C34H38N4O6S. The first kappa shape index (κ1) is 29.7. The Morgan fingerprint density at radius 2 is 1.60 bits per heavy atom. The molecule has 10 nitrogen and oxygen atoms in total. The van der Waals surface area contributed by atoms with E-state index in [2.05, 4.69) is 21.8 Å². The van der Waals surface area contributed by atoms with E-state index in [1.807, 2.05) is 48.5 Å². The van der Waals surface area contributed by atoms with E-state index in [0.29, 0.717) is 25.0 Å². The fraction of sp³-hybridized carbons (Fsp3) is 0.471. The number of sulfonamides is 1. The van der Waals surface area contributed by atoms with E-state index in [-0.39, 0.29) is 31.2 Å². The van der Waals surface area contributed by atoms with Crippen molar-refractivity contribution < 1.29 is 27.6 Å². The second-order valence-corrected chi connectivity index (χ2v) is 15.1. The van der Waals surface area contributed by atoms with Gasteiger partial charge in [0.15, 0.2) is 0 Å². The number of amides is 3. The Hall–Kier alpha value is -3.99. The lowest BCUT2D eigenvalue weighted by molar-refractivity contribution is -0.140. The van der Waals surface area contributed by atoms with Crippen LogP contribution in [0.25, 0.3) is 11.1 Å². The van der Waals surface area contributed by atoms with Gasteiger partial charge in [0.2, 0.25) is 21.8 Å². The fourth-order valence-electron chi connectivity index (χ4n) is 7.22. The van der Waals surface area contributed by atoms with Gasteiger partial charge in [-0.2, -0.15) is 0 Å². The number of hydrogen-bond donors (Lipinski definition) is 2. The van der Waals surface area contributed by atoms with Crippen LogP contribution in [0.3, 0.4) is 0 Å². The molecule has 236 valence electrons. The molecule has 4 fully saturated rings. The zero-order valence-electron chi connectivity index (χ0n) is 25.1. The third-order valence-electron chi connectivity index (χ3n) is 10.0. The van der Waals surface area contributed by atoms with Crippen molar-refractivity contribution in [2.75, 3.05) is 6.54 Å². The lowest BCUT2D eigenvalue weighted by Gasteiger charge is -2.27. The van der Waals surface area contributed by atoms with E-state index in [1.165, 1.54) is 0 Å². The van der Waals surface area contributed by atoms with Crippen LogP contribution in [0.1, 0.15) is 68.9 Å². The standard InChI is InChI=1S/C34H38N4O6S/c1-2-22-19-34(22,33(41)37-45(42,43)24-15-16-24)35-32(40)29-18-23(20-38(29)30(39)17-21-9-3-4-10-21)44-36-31-27-13-7-5-11-25(27)26-12-6-8-14-28(26)31/h2,5-8,11-14,21-24,29H,1,3-4,9-10,15-20H2,(H,35,40)(H,37,41)/t22-,23?,29?,34+/m1/s1. The molecule has 2 aromatic carbocycles. The van der Waals surface area contributed by atoms with E-state index < -0.39 is 50.7 Å². The van der Waals surface area contributed by atoms with Crippen LogP contribution in [0.15, 0.2) is 66.3 Å². The highest BCUT2D eigenvalue weighted by Gasteiger charge is 2.62. The van der Waals surface area contributed by atoms with Crippen LogP contribution in [0, 0.1) is 11.8 Å². The molecule has 7 rings (SSSR count). The molecule has 3 saturated carbocycles. The lowest BCUT2D eigenvalue weighted by Crippen LogP contribution is -2.56. The highest BCUT2D eigenvalue weighted by Crippen LogP contribution is 2.45. The van der Waals surface area contributed by atoms with Crippen molar-refractivity contribution in [2.24, 2.45) is 17.0 Å². The van der Waals surface area contributed by atoms with Gasteiger partial charge in [0.05, 0.1) is 11.8 Å². The number of carbonyl (C=O) groups excluding carboxylic acids is 3. The molecule has 0 bridgehead atoms. The zero-order valence-corrected chi connectivity index (χ0v) is 25.9. The minimum Gasteiger partial charge on any atom is -0.390 e. The third kappa shape index (κ3) is 5.55. The van der Waals surface area contributed by atoms with Gasteiger partial charge in [0, 0.05) is 29.9 Å². The maximum atomic E-state index is 13.9. The number of fused-ring (bicyclic) bond motifs is 3. The molecule has 2 N–H and O–H groups in total. The van der Waals surface area contributed by atoms with Gasteiger partial charge in [0.25, 0.3) is 5.91 Å². The molecule has 0 spiro atoms. The number of nitrogens with one attached hydrogen (secondary N) is 2. The molecule has 4 aliphatic carbocycles. The molecule has 3 amide bonds. The van der Waals surface area contributed by atoms with Gasteiger partial charge in [-0.1, -0.05) is 72.6 Å². The Kier molecular flexibility index (Phi) is 7.54. The topological polar surface area (TPSA) is 134 Å². The smallest absolute Gasteiger partial charge is 0.259 e. The van der Waals surface area contributed by atoms with Crippen LogP contribution in [0.4, 0.5) is 0 Å². The minimum atomic E-state index is -3.80. The maximum Gasteiger partial charge on any atom is 0.259 e. The Bertz CT molecular complexity index is 1650. The summed E-state index contributed by atoms with van der Waals surface area (Å²) in [5.41, 5.74) is 3.34. The predicted octanol–water partition coefficient (Wildman–Crippen LogP) is 3.66. The van der Waals surface area contributed by atoms with Gasteiger partial charge >= 0.3 is 0 Å². The average Bonchev–Trinajstić information content (AvgIpc) is 3.87. The van der Waals surface area contributed by atoms with Crippen molar-refractivity contribution in [3.63, 3.8) is 0 Å². The number of likely N-dealkylation sites (tertiary alicyclic amines) is 1. The van der Waals surface area contributed by atoms with Crippen LogP contribution in [0.5, 0.6) is 0 Å². The first-order valence-electron chi connectivity index (χ1n) is 15.9. The van der Waals surface area contributed by atoms with Crippen molar-refractivity contribution in [2.45, 2.75) is 80.7 Å².